The summed E-state index contributed by atoms with van der Waals surface area (Å²) in [6, 6.07) is 30.3. The molecule has 6 heteroatoms. The van der Waals surface area contributed by atoms with E-state index in [-0.39, 0.29) is 11.5 Å². The van der Waals surface area contributed by atoms with Crippen LogP contribution >= 0.6 is 22.6 Å². The number of rotatable bonds is 11. The van der Waals surface area contributed by atoms with Crippen molar-refractivity contribution >= 4 is 45.3 Å². The number of benzene rings is 4. The number of aryl methyl sites for hydroxylation is 1. The molecule has 0 aliphatic heterocycles. The van der Waals surface area contributed by atoms with Gasteiger partial charge in [-0.1, -0.05) is 66.7 Å². The van der Waals surface area contributed by atoms with E-state index in [1.165, 1.54) is 10.9 Å². The third kappa shape index (κ3) is 7.36. The Morgan fingerprint density at radius 3 is 2.47 bits per heavy atom. The van der Waals surface area contributed by atoms with E-state index in [1.54, 1.807) is 12.1 Å². The Hall–Kier alpha value is -3.83. The SMILES string of the molecule is CCOc1cc(/C=C(/C#N)C(=O)NCCCc2ccccc2)cc(I)c1OCc1ccc2ccccc2c1. The first-order valence-corrected chi connectivity index (χ1v) is 13.7. The van der Waals surface area contributed by atoms with Gasteiger partial charge in [0.2, 0.25) is 0 Å². The largest absolute Gasteiger partial charge is 0.490 e. The van der Waals surface area contributed by atoms with Gasteiger partial charge < -0.3 is 14.8 Å². The van der Waals surface area contributed by atoms with Crippen molar-refractivity contribution in [1.29, 1.82) is 5.26 Å². The number of carbonyl (C=O) groups is 1. The number of hydrogen-bond acceptors (Lipinski definition) is 4. The minimum Gasteiger partial charge on any atom is -0.490 e. The van der Waals surface area contributed by atoms with Crippen molar-refractivity contribution in [3.63, 3.8) is 0 Å². The van der Waals surface area contributed by atoms with Gasteiger partial charge in [-0.2, -0.15) is 5.26 Å². The molecule has 0 fully saturated rings. The summed E-state index contributed by atoms with van der Waals surface area (Å²) in [6.07, 6.45) is 3.25. The molecule has 4 aromatic rings. The van der Waals surface area contributed by atoms with Gasteiger partial charge in [0, 0.05) is 6.54 Å². The number of ether oxygens (including phenoxy) is 2. The van der Waals surface area contributed by atoms with Gasteiger partial charge >= 0.3 is 0 Å². The van der Waals surface area contributed by atoms with E-state index in [1.807, 2.05) is 49.4 Å². The Balaban J connectivity index is 1.44. The molecule has 1 N–H and O–H groups in total. The van der Waals surface area contributed by atoms with E-state index >= 15 is 0 Å². The topological polar surface area (TPSA) is 71.3 Å². The highest BCUT2D eigenvalue weighted by Gasteiger charge is 2.14. The number of fused-ring (bicyclic) bond motifs is 1. The van der Waals surface area contributed by atoms with Crippen molar-refractivity contribution in [3.8, 4) is 17.6 Å². The monoisotopic (exact) mass is 616 g/mol. The average Bonchev–Trinajstić information content (AvgIpc) is 2.94. The van der Waals surface area contributed by atoms with E-state index in [2.05, 4.69) is 70.4 Å². The van der Waals surface area contributed by atoms with Crippen molar-refractivity contribution < 1.29 is 14.3 Å². The van der Waals surface area contributed by atoms with Crippen LogP contribution in [0.25, 0.3) is 16.8 Å². The summed E-state index contributed by atoms with van der Waals surface area (Å²) in [5, 5.41) is 14.8. The van der Waals surface area contributed by atoms with Crippen LogP contribution in [-0.4, -0.2) is 19.1 Å². The van der Waals surface area contributed by atoms with Gasteiger partial charge in [-0.25, -0.2) is 0 Å². The van der Waals surface area contributed by atoms with Crippen LogP contribution in [0.15, 0.2) is 90.5 Å². The van der Waals surface area contributed by atoms with Crippen molar-refractivity contribution in [3.05, 3.63) is 111 Å². The summed E-state index contributed by atoms with van der Waals surface area (Å²) < 4.78 is 12.9. The molecule has 0 spiro atoms. The first-order chi connectivity index (χ1) is 18.6. The van der Waals surface area contributed by atoms with E-state index in [0.717, 1.165) is 27.4 Å². The molecule has 1 amide bonds. The van der Waals surface area contributed by atoms with Crippen LogP contribution in [0, 0.1) is 14.9 Å². The second-order valence-corrected chi connectivity index (χ2v) is 9.91. The number of halogens is 1. The maximum Gasteiger partial charge on any atom is 0.261 e. The Bertz CT molecular complexity index is 1480. The molecule has 5 nitrogen and oxygen atoms in total. The first kappa shape index (κ1) is 27.2. The minimum atomic E-state index is -0.384. The Kier molecular flexibility index (Phi) is 9.77. The number of hydrogen-bond donors (Lipinski definition) is 1. The highest BCUT2D eigenvalue weighted by Crippen LogP contribution is 2.35. The smallest absolute Gasteiger partial charge is 0.261 e. The highest BCUT2D eigenvalue weighted by atomic mass is 127. The maximum atomic E-state index is 12.6. The molecule has 0 aliphatic carbocycles. The summed E-state index contributed by atoms with van der Waals surface area (Å²) in [7, 11) is 0. The molecule has 0 saturated heterocycles. The predicted molar refractivity (Wildman–Crippen MR) is 160 cm³/mol. The van der Waals surface area contributed by atoms with Crippen molar-refractivity contribution in [2.24, 2.45) is 0 Å². The third-order valence-corrected chi connectivity index (χ3v) is 6.78. The second-order valence-electron chi connectivity index (χ2n) is 8.75. The lowest BCUT2D eigenvalue weighted by molar-refractivity contribution is -0.117. The molecule has 0 saturated carbocycles. The Morgan fingerprint density at radius 2 is 1.71 bits per heavy atom. The van der Waals surface area contributed by atoms with E-state index in [4.69, 9.17) is 9.47 Å². The standard InChI is InChI=1S/C32H29IN2O3/c1-2-37-30-20-25(18-28(21-34)32(36)35-16-8-11-23-9-4-3-5-10-23)19-29(33)31(30)38-22-24-14-15-26-12-6-7-13-27(26)17-24/h3-7,9-10,12-15,17-20H,2,8,11,16,22H2,1H3,(H,35,36)/b28-18-. The van der Waals surface area contributed by atoms with Gasteiger partial charge in [0.15, 0.2) is 11.5 Å². The van der Waals surface area contributed by atoms with E-state index in [0.29, 0.717) is 36.8 Å². The lowest BCUT2D eigenvalue weighted by Gasteiger charge is -2.15. The summed E-state index contributed by atoms with van der Waals surface area (Å²) >= 11 is 2.20. The minimum absolute atomic E-state index is 0.0489. The molecule has 38 heavy (non-hydrogen) atoms. The average molecular weight is 616 g/mol. The quantitative estimate of drug-likeness (QED) is 0.0847. The lowest BCUT2D eigenvalue weighted by Crippen LogP contribution is -2.25. The van der Waals surface area contributed by atoms with Crippen LogP contribution in [0.4, 0.5) is 0 Å². The van der Waals surface area contributed by atoms with Crippen LogP contribution in [0.5, 0.6) is 11.5 Å². The molecule has 4 aromatic carbocycles. The van der Waals surface area contributed by atoms with Crippen LogP contribution < -0.4 is 14.8 Å². The van der Waals surface area contributed by atoms with E-state index < -0.39 is 0 Å². The van der Waals surface area contributed by atoms with Gasteiger partial charge in [-0.15, -0.1) is 0 Å². The number of nitriles is 1. The number of amides is 1. The molecule has 0 bridgehead atoms. The second kappa shape index (κ2) is 13.6. The van der Waals surface area contributed by atoms with Gasteiger partial charge in [0.1, 0.15) is 18.2 Å². The zero-order valence-corrected chi connectivity index (χ0v) is 23.4. The van der Waals surface area contributed by atoms with Crippen LogP contribution in [-0.2, 0) is 17.8 Å². The fourth-order valence-electron chi connectivity index (χ4n) is 4.11. The molecule has 0 radical (unpaired) electrons. The van der Waals surface area contributed by atoms with Crippen LogP contribution in [0.3, 0.4) is 0 Å². The highest BCUT2D eigenvalue weighted by molar-refractivity contribution is 14.1. The molecule has 0 heterocycles. The van der Waals surface area contributed by atoms with Crippen molar-refractivity contribution in [1.82, 2.24) is 5.32 Å². The zero-order chi connectivity index (χ0) is 26.7. The molecule has 0 atom stereocenters. The van der Waals surface area contributed by atoms with Crippen molar-refractivity contribution in [2.45, 2.75) is 26.4 Å². The molecule has 0 unspecified atom stereocenters. The van der Waals surface area contributed by atoms with Gasteiger partial charge in [0.25, 0.3) is 5.91 Å². The van der Waals surface area contributed by atoms with Gasteiger partial charge in [0.05, 0.1) is 10.2 Å². The van der Waals surface area contributed by atoms with E-state index in [9.17, 15) is 10.1 Å². The number of nitrogens with one attached hydrogen (secondary N) is 1. The molecule has 0 aliphatic rings. The van der Waals surface area contributed by atoms with Crippen LogP contribution in [0.2, 0.25) is 0 Å². The Labute approximate surface area is 237 Å². The summed E-state index contributed by atoms with van der Waals surface area (Å²) in [5.74, 6) is 0.832. The normalized spacial score (nSPS) is 11.1. The Morgan fingerprint density at radius 1 is 0.947 bits per heavy atom. The molecular weight excluding hydrogens is 587 g/mol. The fraction of sp³-hybridized carbons (Fsp3) is 0.188. The summed E-state index contributed by atoms with van der Waals surface area (Å²) in [6.45, 7) is 3.26. The zero-order valence-electron chi connectivity index (χ0n) is 21.2. The maximum absolute atomic E-state index is 12.6. The predicted octanol–water partition coefficient (Wildman–Crippen LogP) is 7.08. The van der Waals surface area contributed by atoms with Gasteiger partial charge in [-0.05, 0) is 94.1 Å². The first-order valence-electron chi connectivity index (χ1n) is 12.6. The number of nitrogens with zero attached hydrogens (tertiary/aromatic N) is 1. The number of carbonyl (C=O) groups excluding carboxylic acids is 1. The third-order valence-electron chi connectivity index (χ3n) is 5.98. The molecule has 0 aromatic heterocycles. The fourth-order valence-corrected chi connectivity index (χ4v) is 4.89. The summed E-state index contributed by atoms with van der Waals surface area (Å²) in [4.78, 5) is 12.6. The summed E-state index contributed by atoms with van der Waals surface area (Å²) in [5.41, 5.74) is 3.03. The van der Waals surface area contributed by atoms with Gasteiger partial charge in [-0.3, -0.25) is 4.79 Å². The molecule has 4 rings (SSSR count). The lowest BCUT2D eigenvalue weighted by atomic mass is 10.1. The molecular formula is C32H29IN2O3. The molecule has 192 valence electrons. The van der Waals surface area contributed by atoms with Crippen LogP contribution in [0.1, 0.15) is 30.0 Å². The van der Waals surface area contributed by atoms with Crippen molar-refractivity contribution in [2.75, 3.05) is 13.2 Å².